The largest absolute Gasteiger partial charge is 0.470 e. The highest BCUT2D eigenvalue weighted by Gasteiger charge is 2.26. The van der Waals surface area contributed by atoms with Gasteiger partial charge in [-0.15, -0.1) is 0 Å². The van der Waals surface area contributed by atoms with Crippen molar-refractivity contribution >= 4 is 5.91 Å². The van der Waals surface area contributed by atoms with Crippen LogP contribution in [0, 0.1) is 11.3 Å². The first-order chi connectivity index (χ1) is 12.2. The molecule has 0 spiro atoms. The van der Waals surface area contributed by atoms with Crippen LogP contribution in [-0.2, 0) is 11.3 Å². The Kier molecular flexibility index (Phi) is 4.99. The highest BCUT2D eigenvalue weighted by atomic mass is 16.5. The summed E-state index contributed by atoms with van der Waals surface area (Å²) in [7, 11) is 0. The van der Waals surface area contributed by atoms with Gasteiger partial charge in [0.1, 0.15) is 18.7 Å². The van der Waals surface area contributed by atoms with Gasteiger partial charge >= 0.3 is 0 Å². The van der Waals surface area contributed by atoms with Crippen LogP contribution < -0.4 is 10.3 Å². The van der Waals surface area contributed by atoms with E-state index < -0.39 is 0 Å². The first-order valence-electron chi connectivity index (χ1n) is 7.85. The van der Waals surface area contributed by atoms with Crippen LogP contribution in [0.2, 0.25) is 0 Å². The van der Waals surface area contributed by atoms with Gasteiger partial charge in [-0.05, 0) is 18.9 Å². The summed E-state index contributed by atoms with van der Waals surface area (Å²) in [5, 5.41) is 12.9. The first kappa shape index (κ1) is 16.6. The summed E-state index contributed by atoms with van der Waals surface area (Å²) in [5.41, 5.74) is -0.204. The molecule has 9 nitrogen and oxygen atoms in total. The van der Waals surface area contributed by atoms with Crippen LogP contribution in [-0.4, -0.2) is 49.7 Å². The molecule has 0 saturated carbocycles. The average Bonchev–Trinajstić information content (AvgIpc) is 2.64. The van der Waals surface area contributed by atoms with Crippen molar-refractivity contribution in [2.24, 2.45) is 0 Å². The zero-order chi connectivity index (χ0) is 17.6. The molecule has 1 aliphatic rings. The predicted molar refractivity (Wildman–Crippen MR) is 85.5 cm³/mol. The molecule has 0 N–H and O–H groups in total. The predicted octanol–water partition coefficient (Wildman–Crippen LogP) is -0.0250. The first-order valence-corrected chi connectivity index (χ1v) is 7.85. The molecule has 1 atom stereocenters. The molecule has 1 amide bonds. The second-order valence-electron chi connectivity index (χ2n) is 5.56. The van der Waals surface area contributed by atoms with Crippen molar-refractivity contribution in [1.82, 2.24) is 24.6 Å². The number of nitrogens with zero attached hydrogens (tertiary/aromatic N) is 6. The van der Waals surface area contributed by atoms with Gasteiger partial charge in [0.15, 0.2) is 0 Å². The lowest BCUT2D eigenvalue weighted by Gasteiger charge is -2.32. The Morgan fingerprint density at radius 3 is 3.00 bits per heavy atom. The summed E-state index contributed by atoms with van der Waals surface area (Å²) in [6.07, 6.45) is 5.57. The van der Waals surface area contributed by atoms with Crippen LogP contribution in [0.5, 0.6) is 5.88 Å². The molecule has 3 rings (SSSR count). The third kappa shape index (κ3) is 3.98. The van der Waals surface area contributed by atoms with E-state index >= 15 is 0 Å². The van der Waals surface area contributed by atoms with Crippen LogP contribution in [0.4, 0.5) is 0 Å². The van der Waals surface area contributed by atoms with Crippen LogP contribution in [0.25, 0.3) is 0 Å². The lowest BCUT2D eigenvalue weighted by molar-refractivity contribution is -0.134. The molecule has 1 saturated heterocycles. The van der Waals surface area contributed by atoms with Crippen molar-refractivity contribution in [3.05, 3.63) is 46.8 Å². The smallest absolute Gasteiger partial charge is 0.267 e. The van der Waals surface area contributed by atoms with E-state index in [2.05, 4.69) is 15.1 Å². The Labute approximate surface area is 143 Å². The summed E-state index contributed by atoms with van der Waals surface area (Å²) < 4.78 is 6.89. The summed E-state index contributed by atoms with van der Waals surface area (Å²) in [6, 6.07) is 4.82. The molecule has 0 aromatic carbocycles. The van der Waals surface area contributed by atoms with Gasteiger partial charge in [0.05, 0.1) is 6.54 Å². The molecular formula is C16H16N6O3. The Bertz CT molecular complexity index is 859. The number of likely N-dealkylation sites (tertiary alicyclic amines) is 1. The van der Waals surface area contributed by atoms with E-state index in [4.69, 9.17) is 10.00 Å². The topological polar surface area (TPSA) is 114 Å². The van der Waals surface area contributed by atoms with E-state index in [1.807, 2.05) is 6.07 Å². The molecule has 0 bridgehead atoms. The quantitative estimate of drug-likeness (QED) is 0.768. The Morgan fingerprint density at radius 2 is 2.20 bits per heavy atom. The number of amides is 1. The van der Waals surface area contributed by atoms with Gasteiger partial charge in [-0.1, -0.05) is 0 Å². The second kappa shape index (κ2) is 7.53. The second-order valence-corrected chi connectivity index (χ2v) is 5.56. The lowest BCUT2D eigenvalue weighted by atomic mass is 10.1. The Balaban J connectivity index is 1.65. The van der Waals surface area contributed by atoms with Gasteiger partial charge in [0.25, 0.3) is 11.4 Å². The maximum Gasteiger partial charge on any atom is 0.267 e. The van der Waals surface area contributed by atoms with E-state index in [0.717, 1.165) is 17.5 Å². The summed E-state index contributed by atoms with van der Waals surface area (Å²) in [6.45, 7) is 0.842. The van der Waals surface area contributed by atoms with Gasteiger partial charge in [0, 0.05) is 31.2 Å². The number of hydrogen-bond acceptors (Lipinski definition) is 7. The zero-order valence-electron chi connectivity index (χ0n) is 13.4. The highest BCUT2D eigenvalue weighted by molar-refractivity contribution is 5.76. The standard InChI is InChI=1S/C16H16N6O3/c17-9-13-16(19-7-6-18-13)25-12-3-2-8-21(10-12)15(24)11-22-14(23)4-1-5-20-22/h1,4-7,12H,2-3,8,10-11H2. The molecule has 1 unspecified atom stereocenters. The minimum absolute atomic E-state index is 0.110. The number of nitriles is 1. The van der Waals surface area contributed by atoms with E-state index in [9.17, 15) is 9.59 Å². The minimum atomic E-state index is -0.320. The number of rotatable bonds is 4. The summed E-state index contributed by atoms with van der Waals surface area (Å²) in [5.74, 6) is -0.0287. The summed E-state index contributed by atoms with van der Waals surface area (Å²) >= 11 is 0. The van der Waals surface area contributed by atoms with Crippen LogP contribution >= 0.6 is 0 Å². The highest BCUT2D eigenvalue weighted by Crippen LogP contribution is 2.18. The maximum absolute atomic E-state index is 12.4. The zero-order valence-corrected chi connectivity index (χ0v) is 13.4. The number of aromatic nitrogens is 4. The van der Waals surface area contributed by atoms with Gasteiger partial charge in [-0.25, -0.2) is 14.6 Å². The molecule has 2 aromatic heterocycles. The van der Waals surface area contributed by atoms with E-state index in [0.29, 0.717) is 13.1 Å². The molecule has 1 aliphatic heterocycles. The van der Waals surface area contributed by atoms with Crippen molar-refractivity contribution in [3.8, 4) is 11.9 Å². The van der Waals surface area contributed by atoms with Crippen LogP contribution in [0.15, 0.2) is 35.5 Å². The molecule has 1 fully saturated rings. The van der Waals surface area contributed by atoms with Crippen molar-refractivity contribution in [2.75, 3.05) is 13.1 Å². The van der Waals surface area contributed by atoms with E-state index in [1.165, 1.54) is 30.7 Å². The lowest BCUT2D eigenvalue weighted by Crippen LogP contribution is -2.46. The fourth-order valence-corrected chi connectivity index (χ4v) is 2.64. The van der Waals surface area contributed by atoms with E-state index in [-0.39, 0.29) is 35.7 Å². The average molecular weight is 340 g/mol. The van der Waals surface area contributed by atoms with Gasteiger partial charge in [-0.2, -0.15) is 10.4 Å². The van der Waals surface area contributed by atoms with Gasteiger partial charge in [-0.3, -0.25) is 9.59 Å². The van der Waals surface area contributed by atoms with Crippen LogP contribution in [0.3, 0.4) is 0 Å². The normalized spacial score (nSPS) is 16.9. The number of piperidine rings is 1. The molecular weight excluding hydrogens is 324 g/mol. The van der Waals surface area contributed by atoms with Gasteiger partial charge in [0.2, 0.25) is 11.6 Å². The van der Waals surface area contributed by atoms with Crippen LogP contribution in [0.1, 0.15) is 18.5 Å². The number of carbonyl (C=O) groups is 1. The minimum Gasteiger partial charge on any atom is -0.470 e. The third-order valence-corrected chi connectivity index (χ3v) is 3.85. The van der Waals surface area contributed by atoms with E-state index in [1.54, 1.807) is 4.90 Å². The van der Waals surface area contributed by atoms with Gasteiger partial charge < -0.3 is 9.64 Å². The molecule has 0 radical (unpaired) electrons. The monoisotopic (exact) mass is 340 g/mol. The molecule has 3 heterocycles. The molecule has 25 heavy (non-hydrogen) atoms. The van der Waals surface area contributed by atoms with Crippen molar-refractivity contribution in [3.63, 3.8) is 0 Å². The Hall–Kier alpha value is -3.28. The van der Waals surface area contributed by atoms with Crippen molar-refractivity contribution in [1.29, 1.82) is 5.26 Å². The number of ether oxygens (including phenoxy) is 1. The SMILES string of the molecule is N#Cc1nccnc1OC1CCCN(C(=O)Cn2ncccc2=O)C1. The maximum atomic E-state index is 12.4. The number of carbonyl (C=O) groups excluding carboxylic acids is 1. The van der Waals surface area contributed by atoms with Crippen molar-refractivity contribution < 1.29 is 9.53 Å². The Morgan fingerprint density at radius 1 is 1.36 bits per heavy atom. The molecule has 2 aromatic rings. The number of hydrogen-bond donors (Lipinski definition) is 0. The summed E-state index contributed by atoms with van der Waals surface area (Å²) in [4.78, 5) is 33.7. The molecule has 0 aliphatic carbocycles. The fraction of sp³-hybridized carbons (Fsp3) is 0.375. The molecule has 9 heteroatoms. The molecule has 128 valence electrons. The third-order valence-electron chi connectivity index (χ3n) is 3.85. The fourth-order valence-electron chi connectivity index (χ4n) is 2.64. The van der Waals surface area contributed by atoms with Crippen molar-refractivity contribution in [2.45, 2.75) is 25.5 Å².